The molecule has 160 valence electrons. The SMILES string of the molecule is Cc1cccc(C(=O)c2nc(-c3cc(Cl)c4ncccc4c3)c(-c3ccccc3)nc2N)n1. The third-order valence-electron chi connectivity index (χ3n) is 5.24. The van der Waals surface area contributed by atoms with Crippen molar-refractivity contribution in [2.24, 2.45) is 0 Å². The van der Waals surface area contributed by atoms with Gasteiger partial charge in [-0.3, -0.25) is 9.78 Å². The molecule has 0 aliphatic heterocycles. The Morgan fingerprint density at radius 3 is 2.42 bits per heavy atom. The molecule has 7 heteroatoms. The molecule has 0 fully saturated rings. The number of carbonyl (C=O) groups excluding carboxylic acids is 1. The summed E-state index contributed by atoms with van der Waals surface area (Å²) in [5.74, 6) is -0.349. The molecule has 2 N–H and O–H groups in total. The van der Waals surface area contributed by atoms with E-state index in [1.54, 1.807) is 24.4 Å². The molecule has 0 radical (unpaired) electrons. The fourth-order valence-electron chi connectivity index (χ4n) is 3.69. The summed E-state index contributed by atoms with van der Waals surface area (Å²) in [5.41, 5.74) is 10.5. The number of pyridine rings is 2. The van der Waals surface area contributed by atoms with Gasteiger partial charge in [0.15, 0.2) is 11.5 Å². The molecule has 0 aliphatic carbocycles. The molecule has 3 heterocycles. The molecule has 0 unspecified atom stereocenters. The van der Waals surface area contributed by atoms with Gasteiger partial charge in [0.1, 0.15) is 5.69 Å². The number of carbonyl (C=O) groups is 1. The molecule has 3 aromatic heterocycles. The Morgan fingerprint density at radius 1 is 0.848 bits per heavy atom. The average molecular weight is 452 g/mol. The van der Waals surface area contributed by atoms with Gasteiger partial charge in [0, 0.05) is 28.4 Å². The summed E-state index contributed by atoms with van der Waals surface area (Å²) in [6.45, 7) is 1.82. The Hall–Kier alpha value is -4.16. The molecule has 5 aromatic rings. The van der Waals surface area contributed by atoms with E-state index in [2.05, 4.69) is 15.0 Å². The highest BCUT2D eigenvalue weighted by Gasteiger charge is 2.22. The molecule has 0 bridgehead atoms. The van der Waals surface area contributed by atoms with Crippen molar-refractivity contribution >= 4 is 34.1 Å². The highest BCUT2D eigenvalue weighted by Crippen LogP contribution is 2.35. The molecule has 0 saturated carbocycles. The largest absolute Gasteiger partial charge is 0.382 e. The fraction of sp³-hybridized carbons (Fsp3) is 0.0385. The number of fused-ring (bicyclic) bond motifs is 1. The van der Waals surface area contributed by atoms with Gasteiger partial charge in [0.2, 0.25) is 5.78 Å². The monoisotopic (exact) mass is 451 g/mol. The number of halogens is 1. The van der Waals surface area contributed by atoms with E-state index in [9.17, 15) is 4.79 Å². The van der Waals surface area contributed by atoms with E-state index < -0.39 is 5.78 Å². The Morgan fingerprint density at radius 2 is 1.64 bits per heavy atom. The zero-order chi connectivity index (χ0) is 22.9. The summed E-state index contributed by atoms with van der Waals surface area (Å²) in [6, 6.07) is 22.3. The Kier molecular flexibility index (Phi) is 5.28. The number of hydrogen-bond acceptors (Lipinski definition) is 6. The molecule has 2 aromatic carbocycles. The van der Waals surface area contributed by atoms with Crippen LogP contribution in [-0.4, -0.2) is 25.7 Å². The molecular formula is C26H18ClN5O. The molecule has 6 nitrogen and oxygen atoms in total. The van der Waals surface area contributed by atoms with Crippen LogP contribution < -0.4 is 5.73 Å². The summed E-state index contributed by atoms with van der Waals surface area (Å²) in [7, 11) is 0. The van der Waals surface area contributed by atoms with E-state index in [4.69, 9.17) is 22.3 Å². The highest BCUT2D eigenvalue weighted by atomic mass is 35.5. The van der Waals surface area contributed by atoms with Crippen LogP contribution in [0.1, 0.15) is 21.9 Å². The van der Waals surface area contributed by atoms with Gasteiger partial charge in [0.25, 0.3) is 0 Å². The van der Waals surface area contributed by atoms with Crippen molar-refractivity contribution in [3.05, 3.63) is 101 Å². The van der Waals surface area contributed by atoms with E-state index in [0.29, 0.717) is 27.5 Å². The lowest BCUT2D eigenvalue weighted by Gasteiger charge is -2.13. The topological polar surface area (TPSA) is 94.7 Å². The van der Waals surface area contributed by atoms with Crippen molar-refractivity contribution in [1.29, 1.82) is 0 Å². The van der Waals surface area contributed by atoms with Crippen molar-refractivity contribution in [3.8, 4) is 22.5 Å². The van der Waals surface area contributed by atoms with Crippen molar-refractivity contribution < 1.29 is 4.79 Å². The van der Waals surface area contributed by atoms with E-state index in [0.717, 1.165) is 16.6 Å². The number of nitrogens with zero attached hydrogens (tertiary/aromatic N) is 4. The number of anilines is 1. The quantitative estimate of drug-likeness (QED) is 0.361. The second-order valence-electron chi connectivity index (χ2n) is 7.55. The lowest BCUT2D eigenvalue weighted by molar-refractivity contribution is 0.103. The van der Waals surface area contributed by atoms with Gasteiger partial charge in [-0.2, -0.15) is 0 Å². The molecule has 33 heavy (non-hydrogen) atoms. The Bertz CT molecular complexity index is 1520. The third kappa shape index (κ3) is 3.92. The molecule has 0 atom stereocenters. The maximum Gasteiger partial charge on any atom is 0.233 e. The van der Waals surface area contributed by atoms with Crippen molar-refractivity contribution in [1.82, 2.24) is 19.9 Å². The minimum absolute atomic E-state index is 0.0412. The van der Waals surface area contributed by atoms with E-state index in [-0.39, 0.29) is 17.2 Å². The maximum absolute atomic E-state index is 13.2. The number of nitrogens with two attached hydrogens (primary N) is 1. The molecule has 0 spiro atoms. The number of ketones is 1. The van der Waals surface area contributed by atoms with Gasteiger partial charge in [-0.1, -0.05) is 54.1 Å². The summed E-state index contributed by atoms with van der Waals surface area (Å²) < 4.78 is 0. The zero-order valence-corrected chi connectivity index (χ0v) is 18.4. The predicted octanol–water partition coefficient (Wildman–Crippen LogP) is 5.53. The lowest BCUT2D eigenvalue weighted by atomic mass is 10.0. The van der Waals surface area contributed by atoms with Crippen molar-refractivity contribution in [2.45, 2.75) is 6.92 Å². The maximum atomic E-state index is 13.2. The summed E-state index contributed by atoms with van der Waals surface area (Å²) >= 11 is 6.55. The van der Waals surface area contributed by atoms with E-state index in [1.807, 2.05) is 61.5 Å². The number of nitrogen functional groups attached to an aromatic ring is 1. The molecular weight excluding hydrogens is 434 g/mol. The first kappa shape index (κ1) is 20.7. The Labute approximate surface area is 195 Å². The number of aryl methyl sites for hydroxylation is 1. The predicted molar refractivity (Wildman–Crippen MR) is 130 cm³/mol. The van der Waals surface area contributed by atoms with Gasteiger partial charge in [-0.05, 0) is 37.3 Å². The van der Waals surface area contributed by atoms with Crippen LogP contribution in [0.2, 0.25) is 5.02 Å². The van der Waals surface area contributed by atoms with Gasteiger partial charge >= 0.3 is 0 Å². The standard InChI is InChI=1S/C26H18ClN5O/c1-15-7-5-11-20(30-15)25(33)24-26(28)32-22(16-8-3-2-4-9-16)23(31-24)18-13-17-10-6-12-29-21(17)19(27)14-18/h2-14H,1H3,(H2,28,32). The van der Waals surface area contributed by atoms with Crippen molar-refractivity contribution in [3.63, 3.8) is 0 Å². The highest BCUT2D eigenvalue weighted by molar-refractivity contribution is 6.35. The first-order valence-electron chi connectivity index (χ1n) is 10.3. The number of benzene rings is 2. The lowest BCUT2D eigenvalue weighted by Crippen LogP contribution is -2.13. The van der Waals surface area contributed by atoms with Crippen LogP contribution in [0.3, 0.4) is 0 Å². The average Bonchev–Trinajstić information content (AvgIpc) is 2.84. The minimum atomic E-state index is -0.391. The van der Waals surface area contributed by atoms with Crippen LogP contribution in [0.25, 0.3) is 33.4 Å². The van der Waals surface area contributed by atoms with Crippen LogP contribution in [-0.2, 0) is 0 Å². The third-order valence-corrected chi connectivity index (χ3v) is 5.53. The first-order valence-corrected chi connectivity index (χ1v) is 10.6. The minimum Gasteiger partial charge on any atom is -0.382 e. The fourth-order valence-corrected chi connectivity index (χ4v) is 3.96. The summed E-state index contributed by atoms with van der Waals surface area (Å²) in [6.07, 6.45) is 1.69. The van der Waals surface area contributed by atoms with Crippen LogP contribution in [0.15, 0.2) is 79.0 Å². The second kappa shape index (κ2) is 8.41. The number of rotatable bonds is 4. The number of aromatic nitrogens is 4. The molecule has 5 rings (SSSR count). The molecule has 0 aliphatic rings. The van der Waals surface area contributed by atoms with Gasteiger partial charge in [0.05, 0.1) is 21.9 Å². The smallest absolute Gasteiger partial charge is 0.233 e. The van der Waals surface area contributed by atoms with Gasteiger partial charge in [-0.15, -0.1) is 0 Å². The van der Waals surface area contributed by atoms with Gasteiger partial charge in [-0.25, -0.2) is 15.0 Å². The normalized spacial score (nSPS) is 11.0. The summed E-state index contributed by atoms with van der Waals surface area (Å²) in [4.78, 5) is 31.3. The Balaban J connectivity index is 1.76. The summed E-state index contributed by atoms with van der Waals surface area (Å²) in [5, 5.41) is 1.33. The zero-order valence-electron chi connectivity index (χ0n) is 17.7. The second-order valence-corrected chi connectivity index (χ2v) is 7.95. The van der Waals surface area contributed by atoms with Gasteiger partial charge < -0.3 is 5.73 Å². The van der Waals surface area contributed by atoms with E-state index >= 15 is 0 Å². The van der Waals surface area contributed by atoms with Crippen LogP contribution in [0.5, 0.6) is 0 Å². The molecule has 0 saturated heterocycles. The van der Waals surface area contributed by atoms with E-state index in [1.165, 1.54) is 0 Å². The molecule has 0 amide bonds. The van der Waals surface area contributed by atoms with Crippen LogP contribution in [0, 0.1) is 6.92 Å². The van der Waals surface area contributed by atoms with Crippen LogP contribution >= 0.6 is 11.6 Å². The first-order chi connectivity index (χ1) is 16.0. The van der Waals surface area contributed by atoms with Crippen LogP contribution in [0.4, 0.5) is 5.82 Å². The van der Waals surface area contributed by atoms with Crippen molar-refractivity contribution in [2.75, 3.05) is 5.73 Å². The number of hydrogen-bond donors (Lipinski definition) is 1.